The monoisotopic (exact) mass is 304 g/mol. The van der Waals surface area contributed by atoms with Crippen LogP contribution in [0, 0.1) is 5.92 Å². The maximum Gasteiger partial charge on any atom is 0.238 e. The number of hydrogen-bond donors (Lipinski definition) is 2. The van der Waals surface area contributed by atoms with E-state index in [1.54, 1.807) is 18.4 Å². The topological polar surface area (TPSA) is 93.2 Å². The third-order valence-electron chi connectivity index (χ3n) is 3.91. The van der Waals surface area contributed by atoms with Crippen molar-refractivity contribution in [3.8, 4) is 11.6 Å². The number of furan rings is 1. The van der Waals surface area contributed by atoms with Crippen molar-refractivity contribution in [3.63, 3.8) is 0 Å². The van der Waals surface area contributed by atoms with Gasteiger partial charge in [-0.25, -0.2) is 0 Å². The number of amides is 1. The summed E-state index contributed by atoms with van der Waals surface area (Å²) in [6.45, 7) is 4.04. The van der Waals surface area contributed by atoms with Gasteiger partial charge in [-0.05, 0) is 37.6 Å². The SMILES string of the molecule is CC1CNCCC1NC(=O)CCc1nc(-c2ccco2)no1. The standard InChI is InChI=1S/C15H20N4O3/c1-10-9-16-7-6-11(10)17-13(20)4-5-14-18-15(19-22-14)12-3-2-8-21-12/h2-3,8,10-11,16H,4-7,9H2,1H3,(H,17,20). The van der Waals surface area contributed by atoms with E-state index in [2.05, 4.69) is 27.7 Å². The van der Waals surface area contributed by atoms with Crippen LogP contribution >= 0.6 is 0 Å². The van der Waals surface area contributed by atoms with E-state index >= 15 is 0 Å². The number of rotatable bonds is 5. The molecule has 0 spiro atoms. The largest absolute Gasteiger partial charge is 0.461 e. The van der Waals surface area contributed by atoms with Crippen molar-refractivity contribution in [1.29, 1.82) is 0 Å². The van der Waals surface area contributed by atoms with Gasteiger partial charge in [0.25, 0.3) is 0 Å². The van der Waals surface area contributed by atoms with Crippen molar-refractivity contribution in [2.75, 3.05) is 13.1 Å². The van der Waals surface area contributed by atoms with E-state index < -0.39 is 0 Å². The van der Waals surface area contributed by atoms with E-state index in [1.807, 2.05) is 0 Å². The van der Waals surface area contributed by atoms with Crippen LogP contribution in [0.25, 0.3) is 11.6 Å². The zero-order valence-corrected chi connectivity index (χ0v) is 12.5. The molecule has 2 aromatic rings. The number of aromatic nitrogens is 2. The van der Waals surface area contributed by atoms with Crippen LogP contribution in [0.3, 0.4) is 0 Å². The van der Waals surface area contributed by atoms with Crippen LogP contribution in [0.2, 0.25) is 0 Å². The predicted molar refractivity (Wildman–Crippen MR) is 78.9 cm³/mol. The predicted octanol–water partition coefficient (Wildman–Crippen LogP) is 1.38. The first-order chi connectivity index (χ1) is 10.7. The Morgan fingerprint density at radius 1 is 1.55 bits per heavy atom. The van der Waals surface area contributed by atoms with Gasteiger partial charge in [0.2, 0.25) is 17.6 Å². The van der Waals surface area contributed by atoms with E-state index in [0.717, 1.165) is 19.5 Å². The van der Waals surface area contributed by atoms with E-state index in [-0.39, 0.29) is 11.9 Å². The number of nitrogens with one attached hydrogen (secondary N) is 2. The molecule has 0 bridgehead atoms. The smallest absolute Gasteiger partial charge is 0.238 e. The lowest BCUT2D eigenvalue weighted by atomic mass is 9.95. The minimum atomic E-state index is 0.0245. The summed E-state index contributed by atoms with van der Waals surface area (Å²) in [5.74, 6) is 1.89. The molecule has 22 heavy (non-hydrogen) atoms. The molecule has 2 N–H and O–H groups in total. The third-order valence-corrected chi connectivity index (χ3v) is 3.91. The maximum absolute atomic E-state index is 12.0. The summed E-state index contributed by atoms with van der Waals surface area (Å²) in [5.41, 5.74) is 0. The molecule has 7 heteroatoms. The molecule has 1 saturated heterocycles. The normalized spacial score (nSPS) is 21.7. The first-order valence-electron chi connectivity index (χ1n) is 7.59. The van der Waals surface area contributed by atoms with Crippen molar-refractivity contribution >= 4 is 5.91 Å². The Kier molecular flexibility index (Phi) is 4.53. The molecule has 1 aliphatic rings. The zero-order chi connectivity index (χ0) is 15.4. The zero-order valence-electron chi connectivity index (χ0n) is 12.5. The first-order valence-corrected chi connectivity index (χ1v) is 7.59. The van der Waals surface area contributed by atoms with Crippen LogP contribution in [0.15, 0.2) is 27.3 Å². The molecule has 0 radical (unpaired) electrons. The summed E-state index contributed by atoms with van der Waals surface area (Å²) in [7, 11) is 0. The lowest BCUT2D eigenvalue weighted by Gasteiger charge is -2.30. The molecule has 3 rings (SSSR count). The van der Waals surface area contributed by atoms with Crippen LogP contribution in [-0.4, -0.2) is 35.2 Å². The summed E-state index contributed by atoms with van der Waals surface area (Å²) in [6, 6.07) is 3.77. The summed E-state index contributed by atoms with van der Waals surface area (Å²) < 4.78 is 10.3. The summed E-state index contributed by atoms with van der Waals surface area (Å²) in [4.78, 5) is 16.3. The van der Waals surface area contributed by atoms with Crippen LogP contribution in [-0.2, 0) is 11.2 Å². The number of piperidine rings is 1. The molecule has 3 heterocycles. The molecular weight excluding hydrogens is 284 g/mol. The maximum atomic E-state index is 12.0. The molecule has 2 aromatic heterocycles. The Hall–Kier alpha value is -2.15. The Morgan fingerprint density at radius 3 is 3.23 bits per heavy atom. The molecule has 1 fully saturated rings. The van der Waals surface area contributed by atoms with Gasteiger partial charge < -0.3 is 19.6 Å². The first kappa shape index (κ1) is 14.8. The lowest BCUT2D eigenvalue weighted by molar-refractivity contribution is -0.122. The number of carbonyl (C=O) groups is 1. The van der Waals surface area contributed by atoms with Gasteiger partial charge in [0.15, 0.2) is 5.76 Å². The number of carbonyl (C=O) groups excluding carboxylic acids is 1. The van der Waals surface area contributed by atoms with Gasteiger partial charge in [-0.2, -0.15) is 4.98 Å². The fourth-order valence-electron chi connectivity index (χ4n) is 2.59. The molecule has 1 aliphatic heterocycles. The minimum absolute atomic E-state index is 0.0245. The summed E-state index contributed by atoms with van der Waals surface area (Å²) >= 11 is 0. The van der Waals surface area contributed by atoms with Gasteiger partial charge in [0, 0.05) is 18.9 Å². The van der Waals surface area contributed by atoms with Crippen molar-refractivity contribution in [3.05, 3.63) is 24.3 Å². The van der Waals surface area contributed by atoms with Gasteiger partial charge in [0.05, 0.1) is 6.26 Å². The second kappa shape index (κ2) is 6.74. The Bertz CT molecular complexity index is 608. The van der Waals surface area contributed by atoms with Gasteiger partial charge in [-0.1, -0.05) is 12.1 Å². The Morgan fingerprint density at radius 2 is 2.45 bits per heavy atom. The Balaban J connectivity index is 1.49. The van der Waals surface area contributed by atoms with Crippen molar-refractivity contribution < 1.29 is 13.7 Å². The van der Waals surface area contributed by atoms with Gasteiger partial charge >= 0.3 is 0 Å². The molecule has 7 nitrogen and oxygen atoms in total. The van der Waals surface area contributed by atoms with Crippen LogP contribution < -0.4 is 10.6 Å². The number of nitrogens with zero attached hydrogens (tertiary/aromatic N) is 2. The molecule has 118 valence electrons. The highest BCUT2D eigenvalue weighted by atomic mass is 16.5. The average Bonchev–Trinajstić information content (AvgIpc) is 3.18. The van der Waals surface area contributed by atoms with Gasteiger partial charge in [0.1, 0.15) is 0 Å². The lowest BCUT2D eigenvalue weighted by Crippen LogP contribution is -2.48. The molecule has 0 aromatic carbocycles. The fourth-order valence-corrected chi connectivity index (χ4v) is 2.59. The van der Waals surface area contributed by atoms with Crippen molar-refractivity contribution in [2.45, 2.75) is 32.2 Å². The van der Waals surface area contributed by atoms with Crippen molar-refractivity contribution in [1.82, 2.24) is 20.8 Å². The van der Waals surface area contributed by atoms with E-state index in [1.165, 1.54) is 0 Å². The van der Waals surface area contributed by atoms with Crippen LogP contribution in [0.1, 0.15) is 25.7 Å². The van der Waals surface area contributed by atoms with E-state index in [9.17, 15) is 4.79 Å². The molecule has 2 unspecified atom stereocenters. The molecule has 0 aliphatic carbocycles. The highest BCUT2D eigenvalue weighted by molar-refractivity contribution is 5.76. The van der Waals surface area contributed by atoms with Gasteiger partial charge in [-0.15, -0.1) is 0 Å². The highest BCUT2D eigenvalue weighted by Crippen LogP contribution is 2.16. The van der Waals surface area contributed by atoms with Gasteiger partial charge in [-0.3, -0.25) is 4.79 Å². The van der Waals surface area contributed by atoms with Crippen LogP contribution in [0.5, 0.6) is 0 Å². The fraction of sp³-hybridized carbons (Fsp3) is 0.533. The highest BCUT2D eigenvalue weighted by Gasteiger charge is 2.22. The molecule has 1 amide bonds. The number of aryl methyl sites for hydroxylation is 1. The molecule has 0 saturated carbocycles. The van der Waals surface area contributed by atoms with E-state index in [0.29, 0.717) is 36.2 Å². The quantitative estimate of drug-likeness (QED) is 0.866. The summed E-state index contributed by atoms with van der Waals surface area (Å²) in [6.07, 6.45) is 3.30. The second-order valence-electron chi connectivity index (χ2n) is 5.63. The molecule has 2 atom stereocenters. The minimum Gasteiger partial charge on any atom is -0.461 e. The summed E-state index contributed by atoms with van der Waals surface area (Å²) in [5, 5.41) is 10.2. The third kappa shape index (κ3) is 3.54. The van der Waals surface area contributed by atoms with Crippen molar-refractivity contribution in [2.24, 2.45) is 5.92 Å². The molecular formula is C15H20N4O3. The second-order valence-corrected chi connectivity index (χ2v) is 5.63. The average molecular weight is 304 g/mol. The van der Waals surface area contributed by atoms with E-state index in [4.69, 9.17) is 8.94 Å². The Labute approximate surface area is 128 Å². The van der Waals surface area contributed by atoms with Crippen LogP contribution in [0.4, 0.5) is 0 Å². The number of hydrogen-bond acceptors (Lipinski definition) is 6.